The number of benzene rings is 2. The largest absolute Gasteiger partial charge is 0.493 e. The van der Waals surface area contributed by atoms with Gasteiger partial charge in [-0.1, -0.05) is 18.5 Å². The minimum absolute atomic E-state index is 0.0445. The van der Waals surface area contributed by atoms with Crippen molar-refractivity contribution in [3.8, 4) is 11.5 Å². The van der Waals surface area contributed by atoms with Gasteiger partial charge in [-0.3, -0.25) is 9.79 Å². The Hall–Kier alpha value is -2.53. The molecule has 2 rings (SSSR count). The molecular formula is C20H23ClN2O3. The van der Waals surface area contributed by atoms with E-state index in [1.807, 2.05) is 32.0 Å². The lowest BCUT2D eigenvalue weighted by Gasteiger charge is -2.17. The van der Waals surface area contributed by atoms with Crippen LogP contribution < -0.4 is 14.8 Å². The fourth-order valence-electron chi connectivity index (χ4n) is 2.20. The summed E-state index contributed by atoms with van der Waals surface area (Å²) >= 11 is 6.36. The Balaban J connectivity index is 2.19. The summed E-state index contributed by atoms with van der Waals surface area (Å²) in [6, 6.07) is 10.9. The van der Waals surface area contributed by atoms with Gasteiger partial charge in [0, 0.05) is 18.8 Å². The van der Waals surface area contributed by atoms with E-state index in [1.165, 1.54) is 6.92 Å². The van der Waals surface area contributed by atoms with Crippen molar-refractivity contribution in [1.29, 1.82) is 0 Å². The van der Waals surface area contributed by atoms with Gasteiger partial charge in [0.05, 0.1) is 23.9 Å². The first-order chi connectivity index (χ1) is 12.4. The van der Waals surface area contributed by atoms with Crippen molar-refractivity contribution in [3.63, 3.8) is 0 Å². The fourth-order valence-corrected chi connectivity index (χ4v) is 2.46. The van der Waals surface area contributed by atoms with Crippen LogP contribution in [0, 0.1) is 0 Å². The van der Waals surface area contributed by atoms with E-state index in [2.05, 4.69) is 10.3 Å². The summed E-state index contributed by atoms with van der Waals surface area (Å²) in [4.78, 5) is 15.5. The predicted octanol–water partition coefficient (Wildman–Crippen LogP) is 5.23. The molecule has 0 radical (unpaired) electrons. The first-order valence-corrected chi connectivity index (χ1v) is 8.76. The highest BCUT2D eigenvalue weighted by atomic mass is 35.5. The number of aliphatic imine (C=N–C) groups is 1. The molecule has 0 unspecified atom stereocenters. The van der Waals surface area contributed by atoms with E-state index in [9.17, 15) is 4.79 Å². The molecule has 0 saturated carbocycles. The second kappa shape index (κ2) is 9.25. The van der Waals surface area contributed by atoms with Crippen molar-refractivity contribution in [2.24, 2.45) is 4.99 Å². The number of halogens is 1. The number of carbonyl (C=O) groups is 1. The van der Waals surface area contributed by atoms with Gasteiger partial charge in [0.2, 0.25) is 5.91 Å². The van der Waals surface area contributed by atoms with E-state index < -0.39 is 0 Å². The van der Waals surface area contributed by atoms with Gasteiger partial charge in [0.25, 0.3) is 0 Å². The highest BCUT2D eigenvalue weighted by Gasteiger charge is 2.14. The maximum atomic E-state index is 11.0. The molecule has 0 spiro atoms. The first-order valence-electron chi connectivity index (χ1n) is 8.38. The van der Waals surface area contributed by atoms with Crippen molar-refractivity contribution in [3.05, 3.63) is 47.0 Å². The van der Waals surface area contributed by atoms with Gasteiger partial charge in [0.15, 0.2) is 11.5 Å². The Morgan fingerprint density at radius 1 is 1.31 bits per heavy atom. The van der Waals surface area contributed by atoms with E-state index in [1.54, 1.807) is 31.5 Å². The SMILES string of the molecule is CC[C@@H](C)Oc1c(Cl)cc(C=Nc2ccc(NC(C)=O)cc2)cc1OC. The summed E-state index contributed by atoms with van der Waals surface area (Å²) in [7, 11) is 1.58. The monoisotopic (exact) mass is 374 g/mol. The Morgan fingerprint density at radius 2 is 2.00 bits per heavy atom. The molecule has 2 aromatic rings. The molecule has 26 heavy (non-hydrogen) atoms. The smallest absolute Gasteiger partial charge is 0.221 e. The van der Waals surface area contributed by atoms with Crippen molar-refractivity contribution in [2.45, 2.75) is 33.3 Å². The fraction of sp³-hybridized carbons (Fsp3) is 0.300. The number of rotatable bonds is 7. The number of nitrogens with zero attached hydrogens (tertiary/aromatic N) is 1. The molecule has 0 aliphatic rings. The Morgan fingerprint density at radius 3 is 2.58 bits per heavy atom. The lowest BCUT2D eigenvalue weighted by Crippen LogP contribution is -2.11. The van der Waals surface area contributed by atoms with Gasteiger partial charge in [-0.2, -0.15) is 0 Å². The third-order valence-electron chi connectivity index (χ3n) is 3.70. The number of hydrogen-bond acceptors (Lipinski definition) is 4. The quantitative estimate of drug-likeness (QED) is 0.674. The number of amides is 1. The van der Waals surface area contributed by atoms with Crippen LogP contribution in [0.3, 0.4) is 0 Å². The average Bonchev–Trinajstić information content (AvgIpc) is 2.62. The number of anilines is 1. The van der Waals surface area contributed by atoms with Crippen LogP contribution in [0.25, 0.3) is 0 Å². The van der Waals surface area contributed by atoms with Gasteiger partial charge in [0.1, 0.15) is 0 Å². The molecular weight excluding hydrogens is 352 g/mol. The maximum absolute atomic E-state index is 11.0. The molecule has 138 valence electrons. The molecule has 0 aliphatic carbocycles. The molecule has 0 heterocycles. The summed E-state index contributed by atoms with van der Waals surface area (Å²) in [5.41, 5.74) is 2.29. The second-order valence-electron chi connectivity index (χ2n) is 5.86. The Kier molecular flexibility index (Phi) is 7.04. The summed E-state index contributed by atoms with van der Waals surface area (Å²) in [5.74, 6) is 1.00. The van der Waals surface area contributed by atoms with Crippen molar-refractivity contribution >= 4 is 35.1 Å². The van der Waals surface area contributed by atoms with E-state index >= 15 is 0 Å². The lowest BCUT2D eigenvalue weighted by atomic mass is 10.2. The second-order valence-corrected chi connectivity index (χ2v) is 6.26. The topological polar surface area (TPSA) is 59.9 Å². The lowest BCUT2D eigenvalue weighted by molar-refractivity contribution is -0.114. The van der Waals surface area contributed by atoms with Gasteiger partial charge < -0.3 is 14.8 Å². The molecule has 1 amide bonds. The van der Waals surface area contributed by atoms with Crippen LogP contribution in [0.1, 0.15) is 32.8 Å². The molecule has 0 bridgehead atoms. The molecule has 5 nitrogen and oxygen atoms in total. The minimum atomic E-state index is -0.109. The van der Waals surface area contributed by atoms with E-state index in [4.69, 9.17) is 21.1 Å². The normalized spacial score (nSPS) is 12.0. The molecule has 0 aliphatic heterocycles. The highest BCUT2D eigenvalue weighted by molar-refractivity contribution is 6.32. The minimum Gasteiger partial charge on any atom is -0.493 e. The summed E-state index contributed by atoms with van der Waals surface area (Å²) in [6.45, 7) is 5.50. The predicted molar refractivity (Wildman–Crippen MR) is 106 cm³/mol. The first kappa shape index (κ1) is 19.8. The summed E-state index contributed by atoms with van der Waals surface area (Å²) in [6.07, 6.45) is 2.62. The van der Waals surface area contributed by atoms with Gasteiger partial charge in [-0.25, -0.2) is 0 Å². The third-order valence-corrected chi connectivity index (χ3v) is 3.98. The van der Waals surface area contributed by atoms with Crippen molar-refractivity contribution < 1.29 is 14.3 Å². The molecule has 1 N–H and O–H groups in total. The van der Waals surface area contributed by atoms with Crippen LogP contribution in [-0.4, -0.2) is 25.3 Å². The van der Waals surface area contributed by atoms with Crippen LogP contribution in [0.15, 0.2) is 41.4 Å². The molecule has 2 aromatic carbocycles. The van der Waals surface area contributed by atoms with Crippen LogP contribution in [0.4, 0.5) is 11.4 Å². The number of carbonyl (C=O) groups excluding carboxylic acids is 1. The average molecular weight is 375 g/mol. The van der Waals surface area contributed by atoms with Gasteiger partial charge in [-0.05, 0) is 55.3 Å². The molecule has 0 aromatic heterocycles. The van der Waals surface area contributed by atoms with E-state index in [0.717, 1.165) is 23.4 Å². The van der Waals surface area contributed by atoms with Crippen molar-refractivity contribution in [1.82, 2.24) is 0 Å². The van der Waals surface area contributed by atoms with Gasteiger partial charge in [-0.15, -0.1) is 0 Å². The number of methoxy groups -OCH3 is 1. The third kappa shape index (κ3) is 5.49. The molecule has 6 heteroatoms. The van der Waals surface area contributed by atoms with Crippen LogP contribution in [-0.2, 0) is 4.79 Å². The number of nitrogens with one attached hydrogen (secondary N) is 1. The summed E-state index contributed by atoms with van der Waals surface area (Å²) in [5, 5.41) is 3.19. The molecule has 0 saturated heterocycles. The maximum Gasteiger partial charge on any atom is 0.221 e. The zero-order chi connectivity index (χ0) is 19.1. The Bertz CT molecular complexity index is 788. The Labute approximate surface area is 159 Å². The van der Waals surface area contributed by atoms with Crippen molar-refractivity contribution in [2.75, 3.05) is 12.4 Å². The summed E-state index contributed by atoms with van der Waals surface area (Å²) < 4.78 is 11.2. The zero-order valence-corrected chi connectivity index (χ0v) is 16.1. The van der Waals surface area contributed by atoms with E-state index in [0.29, 0.717) is 16.5 Å². The molecule has 1 atom stereocenters. The number of ether oxygens (including phenoxy) is 2. The number of hydrogen-bond donors (Lipinski definition) is 1. The van der Waals surface area contributed by atoms with E-state index in [-0.39, 0.29) is 12.0 Å². The van der Waals surface area contributed by atoms with Gasteiger partial charge >= 0.3 is 0 Å². The standard InChI is InChI=1S/C20H23ClN2O3/c1-5-13(2)26-20-18(21)10-15(11-19(20)25-4)12-22-16-6-8-17(9-7-16)23-14(3)24/h6-13H,5H2,1-4H3,(H,23,24)/t13-/m1/s1. The van der Waals surface area contributed by atoms with Crippen LogP contribution >= 0.6 is 11.6 Å². The molecule has 0 fully saturated rings. The zero-order valence-electron chi connectivity index (χ0n) is 15.4. The van der Waals surface area contributed by atoms with Crippen LogP contribution in [0.5, 0.6) is 11.5 Å². The van der Waals surface area contributed by atoms with Crippen LogP contribution in [0.2, 0.25) is 5.02 Å². The highest BCUT2D eigenvalue weighted by Crippen LogP contribution is 2.37.